The average molecular weight is 1010 g/mol. The van der Waals surface area contributed by atoms with Gasteiger partial charge in [0, 0.05) is 12.8 Å². The largest absolute Gasteiger partial charge is 0.466 e. The number of esters is 1. The Balaban J connectivity index is 3.43. The molecule has 0 heterocycles. The minimum absolute atomic E-state index is 0.000428. The molecule has 0 saturated carbocycles. The lowest BCUT2D eigenvalue weighted by Gasteiger charge is -2.22. The Bertz CT molecular complexity index is 1170. The van der Waals surface area contributed by atoms with E-state index in [1.165, 1.54) is 263 Å². The van der Waals surface area contributed by atoms with Crippen LogP contribution in [0.25, 0.3) is 0 Å². The highest BCUT2D eigenvalue weighted by Crippen LogP contribution is 2.18. The van der Waals surface area contributed by atoms with Crippen LogP contribution in [0.15, 0.2) is 36.5 Å². The van der Waals surface area contributed by atoms with Crippen LogP contribution in [-0.4, -0.2) is 47.4 Å². The average Bonchev–Trinajstić information content (AvgIpc) is 3.38. The van der Waals surface area contributed by atoms with Crippen LogP contribution in [0.1, 0.15) is 348 Å². The molecule has 424 valence electrons. The first-order valence-corrected chi connectivity index (χ1v) is 32.2. The molecule has 0 radical (unpaired) electrons. The minimum Gasteiger partial charge on any atom is -0.466 e. The molecule has 6 heteroatoms. The number of allylic oxidation sites excluding steroid dienone is 6. The van der Waals surface area contributed by atoms with Crippen LogP contribution in [0.3, 0.4) is 0 Å². The van der Waals surface area contributed by atoms with Crippen LogP contribution in [0.4, 0.5) is 0 Å². The van der Waals surface area contributed by atoms with Crippen LogP contribution < -0.4 is 5.32 Å². The summed E-state index contributed by atoms with van der Waals surface area (Å²) in [7, 11) is 0. The van der Waals surface area contributed by atoms with Gasteiger partial charge in [0.15, 0.2) is 0 Å². The van der Waals surface area contributed by atoms with Crippen LogP contribution in [0, 0.1) is 0 Å². The minimum atomic E-state index is -0.667. The Hall–Kier alpha value is -1.92. The lowest BCUT2D eigenvalue weighted by molar-refractivity contribution is -0.143. The maximum atomic E-state index is 12.5. The smallest absolute Gasteiger partial charge is 0.305 e. The van der Waals surface area contributed by atoms with E-state index >= 15 is 0 Å². The van der Waals surface area contributed by atoms with Crippen LogP contribution >= 0.6 is 0 Å². The van der Waals surface area contributed by atoms with Crippen molar-refractivity contribution in [2.45, 2.75) is 360 Å². The van der Waals surface area contributed by atoms with Gasteiger partial charge in [-0.15, -0.1) is 0 Å². The van der Waals surface area contributed by atoms with Gasteiger partial charge in [0.1, 0.15) is 0 Å². The zero-order valence-electron chi connectivity index (χ0n) is 48.4. The number of hydrogen-bond donors (Lipinski definition) is 3. The SMILES string of the molecule is CCCC/C=C\CCCCCCCC(=O)OCCCCCCCCCCC/C=C\C/C=C\CCCCCCCCCCCCCC(=O)NC(CO)C(O)CCCCCCCCCCCCCCCCCCC. The molecule has 3 N–H and O–H groups in total. The maximum absolute atomic E-state index is 12.5. The molecule has 2 unspecified atom stereocenters. The first kappa shape index (κ1) is 70.1. The topological polar surface area (TPSA) is 95.9 Å². The molecule has 0 aromatic carbocycles. The third-order valence-electron chi connectivity index (χ3n) is 14.9. The van der Waals surface area contributed by atoms with Crippen molar-refractivity contribution >= 4 is 11.9 Å². The number of aliphatic hydroxyl groups excluding tert-OH is 2. The van der Waals surface area contributed by atoms with E-state index in [9.17, 15) is 19.8 Å². The van der Waals surface area contributed by atoms with E-state index in [0.717, 1.165) is 51.4 Å². The Labute approximate surface area is 449 Å². The fraction of sp³-hybridized carbons (Fsp3) is 0.879. The molecule has 0 aliphatic rings. The molecule has 2 atom stereocenters. The highest BCUT2D eigenvalue weighted by molar-refractivity contribution is 5.76. The number of rotatable bonds is 60. The second kappa shape index (κ2) is 61.6. The summed E-state index contributed by atoms with van der Waals surface area (Å²) < 4.78 is 5.46. The monoisotopic (exact) mass is 1010 g/mol. The third-order valence-corrected chi connectivity index (χ3v) is 14.9. The number of amides is 1. The highest BCUT2D eigenvalue weighted by Gasteiger charge is 2.20. The van der Waals surface area contributed by atoms with Crippen molar-refractivity contribution in [3.8, 4) is 0 Å². The second-order valence-electron chi connectivity index (χ2n) is 22.1. The predicted molar refractivity (Wildman–Crippen MR) is 315 cm³/mol. The second-order valence-corrected chi connectivity index (χ2v) is 22.1. The van der Waals surface area contributed by atoms with E-state index in [1.807, 2.05) is 0 Å². The molecule has 0 fully saturated rings. The van der Waals surface area contributed by atoms with Gasteiger partial charge in [0.25, 0.3) is 0 Å². The van der Waals surface area contributed by atoms with E-state index in [-0.39, 0.29) is 18.5 Å². The molecule has 0 aromatic heterocycles. The number of unbranched alkanes of at least 4 members (excludes halogenated alkanes) is 43. The highest BCUT2D eigenvalue weighted by atomic mass is 16.5. The molecule has 0 aliphatic carbocycles. The van der Waals surface area contributed by atoms with Crippen molar-refractivity contribution in [2.75, 3.05) is 13.2 Å². The van der Waals surface area contributed by atoms with Crippen LogP contribution in [0.2, 0.25) is 0 Å². The van der Waals surface area contributed by atoms with Gasteiger partial charge in [-0.2, -0.15) is 0 Å². The molecule has 0 rings (SSSR count). The van der Waals surface area contributed by atoms with Crippen molar-refractivity contribution < 1.29 is 24.5 Å². The molecule has 0 bridgehead atoms. The quantitative estimate of drug-likeness (QED) is 0.0320. The first-order chi connectivity index (χ1) is 35.5. The van der Waals surface area contributed by atoms with Gasteiger partial charge in [-0.05, 0) is 77.0 Å². The number of carbonyl (C=O) groups excluding carboxylic acids is 2. The zero-order valence-corrected chi connectivity index (χ0v) is 48.4. The van der Waals surface area contributed by atoms with Gasteiger partial charge in [0.05, 0.1) is 25.4 Å². The van der Waals surface area contributed by atoms with Crippen molar-refractivity contribution in [1.29, 1.82) is 0 Å². The Morgan fingerprint density at radius 3 is 1.11 bits per heavy atom. The summed E-state index contributed by atoms with van der Waals surface area (Å²) in [5, 5.41) is 23.3. The van der Waals surface area contributed by atoms with E-state index in [4.69, 9.17) is 4.74 Å². The molecule has 0 aliphatic heterocycles. The summed E-state index contributed by atoms with van der Waals surface area (Å²) in [6.07, 6.45) is 77.4. The molecule has 0 aromatic rings. The number of carbonyl (C=O) groups is 2. The van der Waals surface area contributed by atoms with Crippen molar-refractivity contribution in [2.24, 2.45) is 0 Å². The summed E-state index contributed by atoms with van der Waals surface area (Å²) in [6.45, 7) is 4.93. The summed E-state index contributed by atoms with van der Waals surface area (Å²) in [6, 6.07) is -0.544. The Kier molecular flexibility index (Phi) is 60.0. The predicted octanol–water partition coefficient (Wildman–Crippen LogP) is 20.4. The molecular formula is C66H125NO5. The molecule has 72 heavy (non-hydrogen) atoms. The van der Waals surface area contributed by atoms with Gasteiger partial charge in [0.2, 0.25) is 5.91 Å². The molecule has 0 saturated heterocycles. The van der Waals surface area contributed by atoms with Crippen molar-refractivity contribution in [3.05, 3.63) is 36.5 Å². The van der Waals surface area contributed by atoms with Crippen LogP contribution in [0.5, 0.6) is 0 Å². The molecule has 0 spiro atoms. The third kappa shape index (κ3) is 57.4. The summed E-state index contributed by atoms with van der Waals surface area (Å²) >= 11 is 0. The molecule has 1 amide bonds. The molecular weight excluding hydrogens is 887 g/mol. The fourth-order valence-corrected chi connectivity index (χ4v) is 9.95. The summed E-state index contributed by atoms with van der Waals surface area (Å²) in [5.74, 6) is -0.0362. The van der Waals surface area contributed by atoms with Crippen LogP contribution in [-0.2, 0) is 14.3 Å². The van der Waals surface area contributed by atoms with E-state index < -0.39 is 12.1 Å². The van der Waals surface area contributed by atoms with Gasteiger partial charge >= 0.3 is 5.97 Å². The van der Waals surface area contributed by atoms with Gasteiger partial charge in [-0.3, -0.25) is 9.59 Å². The Morgan fingerprint density at radius 2 is 0.708 bits per heavy atom. The molecule has 6 nitrogen and oxygen atoms in total. The Morgan fingerprint density at radius 1 is 0.389 bits per heavy atom. The van der Waals surface area contributed by atoms with E-state index in [2.05, 4.69) is 55.6 Å². The standard InChI is InChI=1S/C66H125NO5/c1-3-5-7-9-11-13-15-16-17-29-32-35-39-42-46-50-54-58-64(69)63(62-68)67-65(70)59-55-51-47-43-40-36-33-30-27-25-23-21-19-18-20-22-24-26-28-31-34-37-41-45-49-53-57-61-72-66(71)60-56-52-48-44-38-14-12-10-8-6-4-2/h10,12,18-19,22,24,63-64,68-69H,3-9,11,13-17,20-21,23,25-62H2,1-2H3,(H,67,70)/b12-10-,19-18-,24-22-. The lowest BCUT2D eigenvalue weighted by Crippen LogP contribution is -2.45. The van der Waals surface area contributed by atoms with E-state index in [1.54, 1.807) is 0 Å². The number of hydrogen-bond acceptors (Lipinski definition) is 5. The lowest BCUT2D eigenvalue weighted by atomic mass is 10.0. The number of nitrogens with one attached hydrogen (secondary N) is 1. The van der Waals surface area contributed by atoms with Gasteiger partial charge < -0.3 is 20.3 Å². The maximum Gasteiger partial charge on any atom is 0.305 e. The normalized spacial score (nSPS) is 12.8. The summed E-state index contributed by atoms with van der Waals surface area (Å²) in [4.78, 5) is 24.5. The summed E-state index contributed by atoms with van der Waals surface area (Å²) in [5.41, 5.74) is 0. The number of ether oxygens (including phenoxy) is 1. The van der Waals surface area contributed by atoms with Crippen molar-refractivity contribution in [1.82, 2.24) is 5.32 Å². The zero-order chi connectivity index (χ0) is 52.2. The van der Waals surface area contributed by atoms with Crippen molar-refractivity contribution in [3.63, 3.8) is 0 Å². The number of aliphatic hydroxyl groups is 2. The van der Waals surface area contributed by atoms with E-state index in [0.29, 0.717) is 25.9 Å². The first-order valence-electron chi connectivity index (χ1n) is 32.2. The van der Waals surface area contributed by atoms with Gasteiger partial charge in [-0.25, -0.2) is 0 Å². The fourth-order valence-electron chi connectivity index (χ4n) is 9.95. The van der Waals surface area contributed by atoms with Gasteiger partial charge in [-0.1, -0.05) is 294 Å².